The topological polar surface area (TPSA) is 112 Å². The number of esters is 1. The van der Waals surface area contributed by atoms with Crippen LogP contribution in [0.1, 0.15) is 50.9 Å². The number of unbranched alkanes of at least 4 members (excludes halogenated alkanes) is 1. The Kier molecular flexibility index (Phi) is 9.28. The SMILES string of the molecule is CCCCOC(=O)c1ccccc1NC(=O)/C(C#N)=C\N1CCN(C(=O)OC(C)(C)C)CC1. The number of piperazine rings is 1. The standard InChI is InChI=1S/C24H32N4O5/c1-5-6-15-32-22(30)19-9-7-8-10-20(19)26-21(29)18(16-25)17-27-11-13-28(14-12-27)23(31)33-24(2,3)4/h7-10,17H,5-6,11-15H2,1-4H3,(H,26,29)/b18-17-. The van der Waals surface area contributed by atoms with Crippen LogP contribution in [0.25, 0.3) is 0 Å². The number of hydrogen-bond donors (Lipinski definition) is 1. The molecule has 0 saturated carbocycles. The van der Waals surface area contributed by atoms with Crippen molar-refractivity contribution < 1.29 is 23.9 Å². The molecular weight excluding hydrogens is 424 g/mol. The molecule has 2 rings (SSSR count). The van der Waals surface area contributed by atoms with Crippen LogP contribution in [-0.4, -0.2) is 66.2 Å². The van der Waals surface area contributed by atoms with Crippen molar-refractivity contribution in [2.75, 3.05) is 38.1 Å². The zero-order valence-electron chi connectivity index (χ0n) is 19.7. The third kappa shape index (κ3) is 8.15. The minimum absolute atomic E-state index is 0.102. The molecule has 1 fully saturated rings. The minimum atomic E-state index is -0.624. The second-order valence-electron chi connectivity index (χ2n) is 8.65. The fourth-order valence-corrected chi connectivity index (χ4v) is 3.03. The Bertz CT molecular complexity index is 922. The summed E-state index contributed by atoms with van der Waals surface area (Å²) in [5, 5.41) is 12.1. The molecule has 0 spiro atoms. The predicted molar refractivity (Wildman–Crippen MR) is 123 cm³/mol. The molecule has 1 aliphatic rings. The van der Waals surface area contributed by atoms with Gasteiger partial charge in [-0.3, -0.25) is 4.79 Å². The van der Waals surface area contributed by atoms with E-state index < -0.39 is 17.5 Å². The maximum absolute atomic E-state index is 12.7. The smallest absolute Gasteiger partial charge is 0.410 e. The van der Waals surface area contributed by atoms with Crippen molar-refractivity contribution >= 4 is 23.7 Å². The van der Waals surface area contributed by atoms with Crippen molar-refractivity contribution in [2.45, 2.75) is 46.1 Å². The number of carbonyl (C=O) groups excluding carboxylic acids is 3. The number of nitriles is 1. The first kappa shape index (κ1) is 25.7. The number of ether oxygens (including phenoxy) is 2. The van der Waals surface area contributed by atoms with E-state index in [9.17, 15) is 19.6 Å². The normalized spacial score (nSPS) is 14.3. The number of para-hydroxylation sites is 1. The Labute approximate surface area is 194 Å². The first-order valence-electron chi connectivity index (χ1n) is 11.1. The number of benzene rings is 1. The van der Waals surface area contributed by atoms with Crippen LogP contribution in [0, 0.1) is 11.3 Å². The van der Waals surface area contributed by atoms with Gasteiger partial charge < -0.3 is 24.6 Å². The van der Waals surface area contributed by atoms with Gasteiger partial charge in [-0.1, -0.05) is 25.5 Å². The first-order chi connectivity index (χ1) is 15.6. The summed E-state index contributed by atoms with van der Waals surface area (Å²) in [6.45, 7) is 9.47. The van der Waals surface area contributed by atoms with Gasteiger partial charge in [0.2, 0.25) is 0 Å². The quantitative estimate of drug-likeness (QED) is 0.289. The molecule has 1 aromatic rings. The third-order valence-electron chi connectivity index (χ3n) is 4.77. The molecule has 9 nitrogen and oxygen atoms in total. The third-order valence-corrected chi connectivity index (χ3v) is 4.77. The Balaban J connectivity index is 2.01. The molecule has 33 heavy (non-hydrogen) atoms. The van der Waals surface area contributed by atoms with E-state index in [1.165, 1.54) is 6.20 Å². The van der Waals surface area contributed by atoms with Crippen molar-refractivity contribution in [2.24, 2.45) is 0 Å². The zero-order chi connectivity index (χ0) is 24.4. The van der Waals surface area contributed by atoms with Crippen molar-refractivity contribution in [1.29, 1.82) is 5.26 Å². The van der Waals surface area contributed by atoms with Gasteiger partial charge in [0.15, 0.2) is 0 Å². The van der Waals surface area contributed by atoms with E-state index in [2.05, 4.69) is 5.32 Å². The van der Waals surface area contributed by atoms with Gasteiger partial charge in [-0.2, -0.15) is 5.26 Å². The Hall–Kier alpha value is -3.54. The molecule has 2 amide bonds. The molecule has 0 bridgehead atoms. The van der Waals surface area contributed by atoms with E-state index in [1.807, 2.05) is 38.7 Å². The number of hydrogen-bond acceptors (Lipinski definition) is 7. The molecule has 1 aromatic carbocycles. The lowest BCUT2D eigenvalue weighted by Crippen LogP contribution is -2.48. The van der Waals surface area contributed by atoms with Crippen LogP contribution < -0.4 is 5.32 Å². The van der Waals surface area contributed by atoms with E-state index in [0.717, 1.165) is 12.8 Å². The summed E-state index contributed by atoms with van der Waals surface area (Å²) >= 11 is 0. The van der Waals surface area contributed by atoms with Gasteiger partial charge in [-0.05, 0) is 39.3 Å². The minimum Gasteiger partial charge on any atom is -0.462 e. The van der Waals surface area contributed by atoms with Gasteiger partial charge in [0.05, 0.1) is 17.9 Å². The number of nitrogens with one attached hydrogen (secondary N) is 1. The van der Waals surface area contributed by atoms with Crippen LogP contribution >= 0.6 is 0 Å². The summed E-state index contributed by atoms with van der Waals surface area (Å²) < 4.78 is 10.6. The zero-order valence-corrected chi connectivity index (χ0v) is 19.7. The number of amides is 2. The summed E-state index contributed by atoms with van der Waals surface area (Å²) in [5.41, 5.74) is -0.168. The van der Waals surface area contributed by atoms with Crippen molar-refractivity contribution in [3.05, 3.63) is 41.6 Å². The highest BCUT2D eigenvalue weighted by atomic mass is 16.6. The van der Waals surface area contributed by atoms with Crippen LogP contribution in [0.5, 0.6) is 0 Å². The van der Waals surface area contributed by atoms with Crippen LogP contribution in [0.2, 0.25) is 0 Å². The second kappa shape index (κ2) is 11.9. The lowest BCUT2D eigenvalue weighted by Gasteiger charge is -2.35. The van der Waals surface area contributed by atoms with Gasteiger partial charge in [0.1, 0.15) is 17.2 Å². The maximum Gasteiger partial charge on any atom is 0.410 e. The number of carbonyl (C=O) groups is 3. The van der Waals surface area contributed by atoms with Gasteiger partial charge in [0, 0.05) is 32.4 Å². The van der Waals surface area contributed by atoms with E-state index in [4.69, 9.17) is 9.47 Å². The average molecular weight is 457 g/mol. The second-order valence-corrected chi connectivity index (χ2v) is 8.65. The van der Waals surface area contributed by atoms with E-state index in [0.29, 0.717) is 32.8 Å². The molecule has 1 heterocycles. The summed E-state index contributed by atoms with van der Waals surface area (Å²) in [5.74, 6) is -1.15. The summed E-state index contributed by atoms with van der Waals surface area (Å²) in [6.07, 6.45) is 2.74. The van der Waals surface area contributed by atoms with Gasteiger partial charge >= 0.3 is 12.1 Å². The maximum atomic E-state index is 12.7. The highest BCUT2D eigenvalue weighted by Gasteiger charge is 2.26. The molecule has 0 aromatic heterocycles. The molecule has 0 aliphatic carbocycles. The van der Waals surface area contributed by atoms with Crippen molar-refractivity contribution in [1.82, 2.24) is 9.80 Å². The highest BCUT2D eigenvalue weighted by Crippen LogP contribution is 2.18. The Morgan fingerprint density at radius 1 is 1.15 bits per heavy atom. The van der Waals surface area contributed by atoms with Gasteiger partial charge in [-0.25, -0.2) is 9.59 Å². The molecule has 1 N–H and O–H groups in total. The van der Waals surface area contributed by atoms with Crippen LogP contribution in [-0.2, 0) is 14.3 Å². The molecule has 1 aliphatic heterocycles. The first-order valence-corrected chi connectivity index (χ1v) is 11.1. The van der Waals surface area contributed by atoms with Crippen LogP contribution in [0.3, 0.4) is 0 Å². The summed E-state index contributed by atoms with van der Waals surface area (Å²) in [7, 11) is 0. The molecule has 1 saturated heterocycles. The fourth-order valence-electron chi connectivity index (χ4n) is 3.03. The molecule has 0 unspecified atom stereocenters. The van der Waals surface area contributed by atoms with Crippen molar-refractivity contribution in [3.63, 3.8) is 0 Å². The lowest BCUT2D eigenvalue weighted by molar-refractivity contribution is -0.112. The fraction of sp³-hybridized carbons (Fsp3) is 0.500. The molecule has 0 radical (unpaired) electrons. The molecule has 9 heteroatoms. The number of rotatable bonds is 7. The van der Waals surface area contributed by atoms with Gasteiger partial charge in [0.25, 0.3) is 5.91 Å². The lowest BCUT2D eigenvalue weighted by atomic mass is 10.1. The molecular formula is C24H32N4O5. The Morgan fingerprint density at radius 3 is 2.42 bits per heavy atom. The monoisotopic (exact) mass is 456 g/mol. The number of nitrogens with zero attached hydrogens (tertiary/aromatic N) is 3. The van der Waals surface area contributed by atoms with Gasteiger partial charge in [-0.15, -0.1) is 0 Å². The largest absolute Gasteiger partial charge is 0.462 e. The van der Waals surface area contributed by atoms with Crippen molar-refractivity contribution in [3.8, 4) is 6.07 Å². The number of anilines is 1. The Morgan fingerprint density at radius 2 is 1.82 bits per heavy atom. The van der Waals surface area contributed by atoms with Crippen LogP contribution in [0.15, 0.2) is 36.0 Å². The predicted octanol–water partition coefficient (Wildman–Crippen LogP) is 3.54. The van der Waals surface area contributed by atoms with Crippen LogP contribution in [0.4, 0.5) is 10.5 Å². The summed E-state index contributed by atoms with van der Waals surface area (Å²) in [6, 6.07) is 8.42. The molecule has 0 atom stereocenters. The van der Waals surface area contributed by atoms with E-state index in [-0.39, 0.29) is 22.9 Å². The highest BCUT2D eigenvalue weighted by molar-refractivity contribution is 6.09. The van der Waals surface area contributed by atoms with E-state index in [1.54, 1.807) is 29.2 Å². The van der Waals surface area contributed by atoms with E-state index >= 15 is 0 Å². The average Bonchev–Trinajstić information content (AvgIpc) is 2.77. The summed E-state index contributed by atoms with van der Waals surface area (Å²) in [4.78, 5) is 40.7. The molecule has 178 valence electrons.